The van der Waals surface area contributed by atoms with E-state index in [2.05, 4.69) is 27.0 Å². The molecule has 2 atom stereocenters. The molecule has 2 unspecified atom stereocenters. The number of aromatic nitrogens is 2. The van der Waals surface area contributed by atoms with Crippen LogP contribution in [0.25, 0.3) is 11.0 Å². The molecule has 3 heterocycles. The molecule has 0 radical (unpaired) electrons. The minimum Gasteiger partial charge on any atom is -0.388 e. The maximum absolute atomic E-state index is 9.65. The second-order valence-corrected chi connectivity index (χ2v) is 6.16. The van der Waals surface area contributed by atoms with E-state index >= 15 is 0 Å². The molecule has 2 N–H and O–H groups in total. The lowest BCUT2D eigenvalue weighted by Gasteiger charge is -2.41. The number of piperidine rings is 2. The summed E-state index contributed by atoms with van der Waals surface area (Å²) >= 11 is 0. The number of benzene rings is 1. The largest absolute Gasteiger partial charge is 0.388 e. The molecule has 2 aliphatic rings. The summed E-state index contributed by atoms with van der Waals surface area (Å²) in [6.45, 7) is 0.0218. The van der Waals surface area contributed by atoms with Crippen molar-refractivity contribution in [1.29, 1.82) is 0 Å². The van der Waals surface area contributed by atoms with E-state index in [1.54, 1.807) is 0 Å². The zero-order valence-electron chi connectivity index (χ0n) is 11.6. The number of aliphatic hydroxyl groups excluding tert-OH is 1. The van der Waals surface area contributed by atoms with Gasteiger partial charge in [0.15, 0.2) is 0 Å². The van der Waals surface area contributed by atoms with Crippen molar-refractivity contribution in [2.24, 2.45) is 0 Å². The van der Waals surface area contributed by atoms with Gasteiger partial charge in [0.25, 0.3) is 0 Å². The summed E-state index contributed by atoms with van der Waals surface area (Å²) in [5.41, 5.74) is 2.17. The Balaban J connectivity index is 1.77. The van der Waals surface area contributed by atoms with Crippen molar-refractivity contribution in [3.05, 3.63) is 30.1 Å². The van der Waals surface area contributed by atoms with Gasteiger partial charge in [-0.25, -0.2) is 4.98 Å². The van der Waals surface area contributed by atoms with E-state index in [0.29, 0.717) is 18.1 Å². The van der Waals surface area contributed by atoms with Crippen LogP contribution in [0.1, 0.15) is 44.0 Å². The van der Waals surface area contributed by atoms with Crippen molar-refractivity contribution >= 4 is 11.0 Å². The maximum atomic E-state index is 9.65. The summed E-state index contributed by atoms with van der Waals surface area (Å²) < 4.78 is 2.29. The van der Waals surface area contributed by atoms with E-state index < -0.39 is 0 Å². The van der Waals surface area contributed by atoms with Gasteiger partial charge in [0.2, 0.25) is 0 Å². The van der Waals surface area contributed by atoms with Crippen LogP contribution in [0.5, 0.6) is 0 Å². The number of imidazole rings is 1. The first-order valence-electron chi connectivity index (χ1n) is 7.68. The number of para-hydroxylation sites is 2. The predicted octanol–water partition coefficient (Wildman–Crippen LogP) is 2.37. The molecule has 20 heavy (non-hydrogen) atoms. The first-order valence-corrected chi connectivity index (χ1v) is 7.68. The first-order chi connectivity index (χ1) is 9.85. The fourth-order valence-corrected chi connectivity index (χ4v) is 4.06. The summed E-state index contributed by atoms with van der Waals surface area (Å²) in [4.78, 5) is 4.59. The maximum Gasteiger partial charge on any atom is 0.135 e. The highest BCUT2D eigenvalue weighted by molar-refractivity contribution is 5.76. The van der Waals surface area contributed by atoms with Crippen molar-refractivity contribution in [3.63, 3.8) is 0 Å². The Morgan fingerprint density at radius 2 is 1.95 bits per heavy atom. The molecular weight excluding hydrogens is 250 g/mol. The second kappa shape index (κ2) is 4.86. The average Bonchev–Trinajstić information content (AvgIpc) is 2.85. The topological polar surface area (TPSA) is 50.1 Å². The van der Waals surface area contributed by atoms with Crippen LogP contribution in [0.3, 0.4) is 0 Å². The lowest BCUT2D eigenvalue weighted by molar-refractivity contribution is 0.181. The van der Waals surface area contributed by atoms with Gasteiger partial charge >= 0.3 is 0 Å². The van der Waals surface area contributed by atoms with E-state index in [1.807, 2.05) is 12.1 Å². The molecule has 106 valence electrons. The lowest BCUT2D eigenvalue weighted by atomic mass is 9.84. The molecule has 0 amide bonds. The van der Waals surface area contributed by atoms with E-state index in [-0.39, 0.29) is 6.61 Å². The fraction of sp³-hybridized carbons (Fsp3) is 0.562. The normalized spacial score (nSPS) is 29.8. The zero-order chi connectivity index (χ0) is 13.5. The minimum absolute atomic E-state index is 0.0218. The smallest absolute Gasteiger partial charge is 0.135 e. The standard InChI is InChI=1S/C16H21N3O/c20-10-16-18-14-6-1-2-7-15(14)19(16)13-8-11-4-3-5-12(9-13)17-11/h1-2,6-7,11-13,17,20H,3-5,8-10H2. The third-order valence-corrected chi connectivity index (χ3v) is 4.87. The van der Waals surface area contributed by atoms with E-state index in [4.69, 9.17) is 0 Å². The molecular formula is C16H21N3O. The minimum atomic E-state index is 0.0218. The van der Waals surface area contributed by atoms with Gasteiger partial charge < -0.3 is 15.0 Å². The highest BCUT2D eigenvalue weighted by atomic mass is 16.3. The van der Waals surface area contributed by atoms with Crippen LogP contribution in [-0.2, 0) is 6.61 Å². The highest BCUT2D eigenvalue weighted by Gasteiger charge is 2.33. The first kappa shape index (κ1) is 12.4. The fourth-order valence-electron chi connectivity index (χ4n) is 4.06. The number of fused-ring (bicyclic) bond motifs is 3. The molecule has 4 heteroatoms. The Labute approximate surface area is 118 Å². The summed E-state index contributed by atoms with van der Waals surface area (Å²) in [7, 11) is 0. The monoisotopic (exact) mass is 271 g/mol. The van der Waals surface area contributed by atoms with Crippen LogP contribution >= 0.6 is 0 Å². The molecule has 1 aromatic heterocycles. The van der Waals surface area contributed by atoms with Crippen LogP contribution < -0.4 is 5.32 Å². The Bertz CT molecular complexity index is 609. The van der Waals surface area contributed by atoms with Gasteiger partial charge in [-0.15, -0.1) is 0 Å². The van der Waals surface area contributed by atoms with Crippen molar-refractivity contribution < 1.29 is 5.11 Å². The van der Waals surface area contributed by atoms with E-state index in [9.17, 15) is 5.11 Å². The van der Waals surface area contributed by atoms with Gasteiger partial charge in [-0.1, -0.05) is 18.6 Å². The number of nitrogens with one attached hydrogen (secondary N) is 1. The third-order valence-electron chi connectivity index (χ3n) is 4.87. The zero-order valence-corrected chi connectivity index (χ0v) is 11.6. The Morgan fingerprint density at radius 3 is 2.70 bits per heavy atom. The number of hydrogen-bond donors (Lipinski definition) is 2. The molecule has 2 saturated heterocycles. The SMILES string of the molecule is OCc1nc2ccccc2n1C1CC2CCCC(C1)N2. The van der Waals surface area contributed by atoms with Gasteiger partial charge in [0.1, 0.15) is 12.4 Å². The molecule has 0 aliphatic carbocycles. The Morgan fingerprint density at radius 1 is 1.20 bits per heavy atom. The number of rotatable bonds is 2. The van der Waals surface area contributed by atoms with Gasteiger partial charge in [-0.3, -0.25) is 0 Å². The molecule has 2 bridgehead atoms. The predicted molar refractivity (Wildman–Crippen MR) is 78.5 cm³/mol. The quantitative estimate of drug-likeness (QED) is 0.881. The summed E-state index contributed by atoms with van der Waals surface area (Å²) in [6, 6.07) is 9.98. The number of aliphatic hydroxyl groups is 1. The lowest BCUT2D eigenvalue weighted by Crippen LogP contribution is -2.49. The van der Waals surface area contributed by atoms with Gasteiger partial charge in [0.05, 0.1) is 11.0 Å². The van der Waals surface area contributed by atoms with Gasteiger partial charge in [-0.05, 0) is 37.8 Å². The van der Waals surface area contributed by atoms with Crippen LogP contribution in [0, 0.1) is 0 Å². The molecule has 0 spiro atoms. The second-order valence-electron chi connectivity index (χ2n) is 6.16. The van der Waals surface area contributed by atoms with Crippen molar-refractivity contribution in [2.75, 3.05) is 0 Å². The van der Waals surface area contributed by atoms with Crippen LogP contribution in [0.4, 0.5) is 0 Å². The number of nitrogens with zero attached hydrogens (tertiary/aromatic N) is 2. The Hall–Kier alpha value is -1.39. The van der Waals surface area contributed by atoms with Crippen LogP contribution in [0.15, 0.2) is 24.3 Å². The summed E-state index contributed by atoms with van der Waals surface area (Å²) in [6.07, 6.45) is 6.24. The van der Waals surface area contributed by atoms with Gasteiger partial charge in [-0.2, -0.15) is 0 Å². The van der Waals surface area contributed by atoms with E-state index in [0.717, 1.165) is 24.2 Å². The third kappa shape index (κ3) is 1.95. The van der Waals surface area contributed by atoms with Crippen LogP contribution in [-0.4, -0.2) is 26.7 Å². The summed E-state index contributed by atoms with van der Waals surface area (Å²) in [5, 5.41) is 13.4. The molecule has 1 aromatic carbocycles. The number of hydrogen-bond acceptors (Lipinski definition) is 3. The Kier molecular flexibility index (Phi) is 3.00. The molecule has 2 aromatic rings. The molecule has 0 saturated carbocycles. The molecule has 4 nitrogen and oxygen atoms in total. The highest BCUT2D eigenvalue weighted by Crippen LogP contribution is 2.35. The van der Waals surface area contributed by atoms with E-state index in [1.165, 1.54) is 24.8 Å². The van der Waals surface area contributed by atoms with Crippen molar-refractivity contribution in [3.8, 4) is 0 Å². The molecule has 2 aliphatic heterocycles. The molecule has 2 fully saturated rings. The van der Waals surface area contributed by atoms with Gasteiger partial charge in [0, 0.05) is 18.1 Å². The van der Waals surface area contributed by atoms with Crippen LogP contribution in [0.2, 0.25) is 0 Å². The van der Waals surface area contributed by atoms with Crippen molar-refractivity contribution in [2.45, 2.75) is 56.8 Å². The average molecular weight is 271 g/mol. The molecule has 4 rings (SSSR count). The van der Waals surface area contributed by atoms with Crippen molar-refractivity contribution in [1.82, 2.24) is 14.9 Å². The summed E-state index contributed by atoms with van der Waals surface area (Å²) in [5.74, 6) is 0.816.